The largest absolute Gasteiger partial charge is 0.312 e. The van der Waals surface area contributed by atoms with Gasteiger partial charge in [-0.1, -0.05) is 31.2 Å². The normalized spacial score (nSPS) is 18.3. The number of aromatic nitrogens is 2. The molecule has 1 atom stereocenters. The van der Waals surface area contributed by atoms with E-state index < -0.39 is 0 Å². The number of nitrogens with one attached hydrogen (secondary N) is 1. The van der Waals surface area contributed by atoms with Crippen molar-refractivity contribution in [1.29, 1.82) is 0 Å². The third kappa shape index (κ3) is 2.56. The van der Waals surface area contributed by atoms with Crippen molar-refractivity contribution >= 4 is 0 Å². The van der Waals surface area contributed by atoms with E-state index in [1.807, 2.05) is 6.20 Å². The second-order valence-corrected chi connectivity index (χ2v) is 5.28. The standard InChI is InChI=1S/C16H21N3/c1-2-9-19-15(7-8-18-19)10-14-12-17-11-13-5-3-4-6-16(13)14/h3-8,14,17H,2,9-12H2,1H3. The summed E-state index contributed by atoms with van der Waals surface area (Å²) in [6.07, 6.45) is 4.13. The van der Waals surface area contributed by atoms with Gasteiger partial charge in [0, 0.05) is 37.4 Å². The molecule has 1 N–H and O–H groups in total. The zero-order valence-corrected chi connectivity index (χ0v) is 11.5. The van der Waals surface area contributed by atoms with E-state index in [1.54, 1.807) is 0 Å². The van der Waals surface area contributed by atoms with Gasteiger partial charge in [0.05, 0.1) is 0 Å². The molecule has 19 heavy (non-hydrogen) atoms. The lowest BCUT2D eigenvalue weighted by molar-refractivity contribution is 0.506. The first-order chi connectivity index (χ1) is 9.38. The highest BCUT2D eigenvalue weighted by atomic mass is 15.3. The molecule has 3 heteroatoms. The molecule has 3 nitrogen and oxygen atoms in total. The predicted octanol–water partition coefficient (Wildman–Crippen LogP) is 2.72. The Morgan fingerprint density at radius 3 is 3.11 bits per heavy atom. The van der Waals surface area contributed by atoms with Crippen LogP contribution in [-0.2, 0) is 19.5 Å². The predicted molar refractivity (Wildman–Crippen MR) is 77.1 cm³/mol. The summed E-state index contributed by atoms with van der Waals surface area (Å²) < 4.78 is 2.15. The Kier molecular flexibility index (Phi) is 3.65. The molecule has 0 radical (unpaired) electrons. The van der Waals surface area contributed by atoms with Gasteiger partial charge in [0.25, 0.3) is 0 Å². The van der Waals surface area contributed by atoms with Crippen LogP contribution in [0.5, 0.6) is 0 Å². The molecule has 1 aliphatic heterocycles. The Labute approximate surface area is 114 Å². The van der Waals surface area contributed by atoms with E-state index in [0.717, 1.165) is 32.5 Å². The van der Waals surface area contributed by atoms with E-state index in [1.165, 1.54) is 16.8 Å². The van der Waals surface area contributed by atoms with Gasteiger partial charge in [0.2, 0.25) is 0 Å². The number of hydrogen-bond donors (Lipinski definition) is 1. The maximum atomic E-state index is 4.42. The van der Waals surface area contributed by atoms with Crippen LogP contribution in [0.15, 0.2) is 36.5 Å². The summed E-state index contributed by atoms with van der Waals surface area (Å²) in [5, 5.41) is 7.95. The SMILES string of the molecule is CCCn1nccc1CC1CNCc2ccccc21. The van der Waals surface area contributed by atoms with Crippen molar-refractivity contribution in [2.45, 2.75) is 38.8 Å². The van der Waals surface area contributed by atoms with Crippen LogP contribution in [0.4, 0.5) is 0 Å². The summed E-state index contributed by atoms with van der Waals surface area (Å²) >= 11 is 0. The number of hydrogen-bond acceptors (Lipinski definition) is 2. The lowest BCUT2D eigenvalue weighted by Crippen LogP contribution is -2.29. The monoisotopic (exact) mass is 255 g/mol. The van der Waals surface area contributed by atoms with Crippen LogP contribution in [0.3, 0.4) is 0 Å². The van der Waals surface area contributed by atoms with Gasteiger partial charge < -0.3 is 5.32 Å². The van der Waals surface area contributed by atoms with Gasteiger partial charge in [-0.3, -0.25) is 4.68 Å². The molecule has 2 heterocycles. The number of nitrogens with zero attached hydrogens (tertiary/aromatic N) is 2. The fourth-order valence-corrected chi connectivity index (χ4v) is 2.97. The van der Waals surface area contributed by atoms with Crippen LogP contribution in [0.25, 0.3) is 0 Å². The van der Waals surface area contributed by atoms with E-state index in [2.05, 4.69) is 52.4 Å². The van der Waals surface area contributed by atoms with Crippen LogP contribution < -0.4 is 5.32 Å². The second kappa shape index (κ2) is 5.57. The minimum atomic E-state index is 0.567. The first-order valence-electron chi connectivity index (χ1n) is 7.17. The van der Waals surface area contributed by atoms with Gasteiger partial charge in [-0.15, -0.1) is 0 Å². The van der Waals surface area contributed by atoms with Crippen molar-refractivity contribution in [1.82, 2.24) is 15.1 Å². The molecule has 0 fully saturated rings. The maximum absolute atomic E-state index is 4.42. The summed E-state index contributed by atoms with van der Waals surface area (Å²) in [6, 6.07) is 11.0. The fourth-order valence-electron chi connectivity index (χ4n) is 2.97. The first kappa shape index (κ1) is 12.4. The summed E-state index contributed by atoms with van der Waals surface area (Å²) in [5.41, 5.74) is 4.30. The average Bonchev–Trinajstić information content (AvgIpc) is 2.87. The van der Waals surface area contributed by atoms with Crippen LogP contribution in [0, 0.1) is 0 Å². The summed E-state index contributed by atoms with van der Waals surface area (Å²) in [5.74, 6) is 0.567. The molecule has 1 aromatic carbocycles. The smallest absolute Gasteiger partial charge is 0.0492 e. The third-order valence-corrected chi connectivity index (χ3v) is 3.90. The number of benzene rings is 1. The Balaban J connectivity index is 1.82. The van der Waals surface area contributed by atoms with Gasteiger partial charge in [0.15, 0.2) is 0 Å². The molecule has 0 saturated carbocycles. The summed E-state index contributed by atoms with van der Waals surface area (Å²) in [7, 11) is 0. The molecule has 0 spiro atoms. The summed E-state index contributed by atoms with van der Waals surface area (Å²) in [6.45, 7) is 5.28. The van der Waals surface area contributed by atoms with Gasteiger partial charge in [-0.05, 0) is 30.0 Å². The number of rotatable bonds is 4. The molecule has 0 bridgehead atoms. The third-order valence-electron chi connectivity index (χ3n) is 3.90. The van der Waals surface area contributed by atoms with Crippen molar-refractivity contribution in [3.63, 3.8) is 0 Å². The lowest BCUT2D eigenvalue weighted by atomic mass is 9.87. The van der Waals surface area contributed by atoms with E-state index in [0.29, 0.717) is 5.92 Å². The molecule has 1 aliphatic rings. The quantitative estimate of drug-likeness (QED) is 0.910. The minimum absolute atomic E-state index is 0.567. The molecule has 100 valence electrons. The number of fused-ring (bicyclic) bond motifs is 1. The van der Waals surface area contributed by atoms with E-state index >= 15 is 0 Å². The molecule has 2 aromatic rings. The first-order valence-corrected chi connectivity index (χ1v) is 7.17. The number of aryl methyl sites for hydroxylation is 1. The molecule has 0 aliphatic carbocycles. The topological polar surface area (TPSA) is 29.9 Å². The summed E-state index contributed by atoms with van der Waals surface area (Å²) in [4.78, 5) is 0. The zero-order chi connectivity index (χ0) is 13.1. The fraction of sp³-hybridized carbons (Fsp3) is 0.438. The molecule has 1 aromatic heterocycles. The van der Waals surface area contributed by atoms with Crippen LogP contribution in [0.2, 0.25) is 0 Å². The van der Waals surface area contributed by atoms with Gasteiger partial charge in [0.1, 0.15) is 0 Å². The Bertz CT molecular complexity index is 544. The molecular weight excluding hydrogens is 234 g/mol. The van der Waals surface area contributed by atoms with Gasteiger partial charge in [-0.2, -0.15) is 5.10 Å². The molecule has 1 unspecified atom stereocenters. The lowest BCUT2D eigenvalue weighted by Gasteiger charge is -2.26. The Morgan fingerprint density at radius 1 is 1.32 bits per heavy atom. The molecule has 3 rings (SSSR count). The second-order valence-electron chi connectivity index (χ2n) is 5.28. The van der Waals surface area contributed by atoms with E-state index in [4.69, 9.17) is 0 Å². The van der Waals surface area contributed by atoms with Crippen LogP contribution >= 0.6 is 0 Å². The highest BCUT2D eigenvalue weighted by Crippen LogP contribution is 2.26. The minimum Gasteiger partial charge on any atom is -0.312 e. The van der Waals surface area contributed by atoms with Gasteiger partial charge in [-0.25, -0.2) is 0 Å². The zero-order valence-electron chi connectivity index (χ0n) is 11.5. The van der Waals surface area contributed by atoms with E-state index in [-0.39, 0.29) is 0 Å². The average molecular weight is 255 g/mol. The van der Waals surface area contributed by atoms with Crippen molar-refractivity contribution in [2.75, 3.05) is 6.54 Å². The van der Waals surface area contributed by atoms with Crippen LogP contribution in [0.1, 0.15) is 36.1 Å². The molecular formula is C16H21N3. The van der Waals surface area contributed by atoms with Crippen molar-refractivity contribution in [3.8, 4) is 0 Å². The maximum Gasteiger partial charge on any atom is 0.0492 e. The highest BCUT2D eigenvalue weighted by molar-refractivity contribution is 5.33. The molecule has 0 saturated heterocycles. The van der Waals surface area contributed by atoms with Crippen molar-refractivity contribution in [3.05, 3.63) is 53.3 Å². The highest BCUT2D eigenvalue weighted by Gasteiger charge is 2.20. The Morgan fingerprint density at radius 2 is 2.21 bits per heavy atom. The Hall–Kier alpha value is -1.61. The van der Waals surface area contributed by atoms with Crippen molar-refractivity contribution < 1.29 is 0 Å². The van der Waals surface area contributed by atoms with Crippen molar-refractivity contribution in [2.24, 2.45) is 0 Å². The van der Waals surface area contributed by atoms with Gasteiger partial charge >= 0.3 is 0 Å². The molecule has 0 amide bonds. The van der Waals surface area contributed by atoms with E-state index in [9.17, 15) is 0 Å². The van der Waals surface area contributed by atoms with Crippen LogP contribution in [-0.4, -0.2) is 16.3 Å².